The standard InChI is InChI=1S/C19H23BrN4O3/c1-3-26-16-6-5-14(11-17(16)27-4-2)18(25)23-7-9-24(10-8-23)19-21-12-15(20)13-22-19/h5-6,11-13H,3-4,7-10H2,1-2H3. The van der Waals surface area contributed by atoms with E-state index in [1.165, 1.54) is 0 Å². The molecule has 1 aliphatic heterocycles. The fourth-order valence-corrected chi connectivity index (χ4v) is 3.15. The molecule has 2 heterocycles. The van der Waals surface area contributed by atoms with E-state index in [-0.39, 0.29) is 5.91 Å². The number of carbonyl (C=O) groups excluding carboxylic acids is 1. The maximum atomic E-state index is 12.9. The van der Waals surface area contributed by atoms with Gasteiger partial charge in [-0.1, -0.05) is 0 Å². The first-order valence-corrected chi connectivity index (χ1v) is 9.83. The summed E-state index contributed by atoms with van der Waals surface area (Å²) in [5, 5.41) is 0. The van der Waals surface area contributed by atoms with Crippen LogP contribution in [0, 0.1) is 0 Å². The van der Waals surface area contributed by atoms with Gasteiger partial charge in [-0.25, -0.2) is 9.97 Å². The Kier molecular flexibility index (Phi) is 6.49. The molecule has 1 aliphatic rings. The van der Waals surface area contributed by atoms with Gasteiger partial charge in [0.05, 0.1) is 17.7 Å². The van der Waals surface area contributed by atoms with Crippen molar-refractivity contribution in [2.45, 2.75) is 13.8 Å². The van der Waals surface area contributed by atoms with Crippen LogP contribution in [0.15, 0.2) is 35.1 Å². The summed E-state index contributed by atoms with van der Waals surface area (Å²) >= 11 is 3.34. The van der Waals surface area contributed by atoms with Crippen molar-refractivity contribution in [3.63, 3.8) is 0 Å². The van der Waals surface area contributed by atoms with E-state index in [1.54, 1.807) is 30.6 Å². The number of anilines is 1. The van der Waals surface area contributed by atoms with E-state index in [0.29, 0.717) is 62.4 Å². The number of ether oxygens (including phenoxy) is 2. The molecule has 0 saturated carbocycles. The van der Waals surface area contributed by atoms with Crippen molar-refractivity contribution < 1.29 is 14.3 Å². The van der Waals surface area contributed by atoms with E-state index in [0.717, 1.165) is 4.47 Å². The molecular weight excluding hydrogens is 412 g/mol. The number of halogens is 1. The monoisotopic (exact) mass is 434 g/mol. The molecule has 1 aromatic carbocycles. The zero-order valence-corrected chi connectivity index (χ0v) is 17.1. The largest absolute Gasteiger partial charge is 0.490 e. The molecule has 144 valence electrons. The van der Waals surface area contributed by atoms with Crippen molar-refractivity contribution in [3.8, 4) is 11.5 Å². The van der Waals surface area contributed by atoms with Gasteiger partial charge in [0.1, 0.15) is 0 Å². The summed E-state index contributed by atoms with van der Waals surface area (Å²) in [6.07, 6.45) is 3.46. The number of aromatic nitrogens is 2. The molecular formula is C19H23BrN4O3. The van der Waals surface area contributed by atoms with Crippen molar-refractivity contribution in [2.75, 3.05) is 44.3 Å². The number of nitrogens with zero attached hydrogens (tertiary/aromatic N) is 4. The molecule has 27 heavy (non-hydrogen) atoms. The van der Waals surface area contributed by atoms with Crippen molar-refractivity contribution in [2.24, 2.45) is 0 Å². The van der Waals surface area contributed by atoms with Crippen LogP contribution in [-0.4, -0.2) is 60.2 Å². The van der Waals surface area contributed by atoms with Crippen molar-refractivity contribution in [3.05, 3.63) is 40.6 Å². The molecule has 8 heteroatoms. The molecule has 7 nitrogen and oxygen atoms in total. The number of hydrogen-bond acceptors (Lipinski definition) is 6. The zero-order valence-electron chi connectivity index (χ0n) is 15.5. The second-order valence-corrected chi connectivity index (χ2v) is 6.92. The molecule has 2 aromatic rings. The average Bonchev–Trinajstić information content (AvgIpc) is 2.70. The van der Waals surface area contributed by atoms with Gasteiger partial charge in [-0.05, 0) is 48.0 Å². The number of hydrogen-bond donors (Lipinski definition) is 0. The highest BCUT2D eigenvalue weighted by molar-refractivity contribution is 9.10. The Morgan fingerprint density at radius 2 is 1.67 bits per heavy atom. The van der Waals surface area contributed by atoms with Gasteiger partial charge >= 0.3 is 0 Å². The van der Waals surface area contributed by atoms with Crippen molar-refractivity contribution in [1.29, 1.82) is 0 Å². The lowest BCUT2D eigenvalue weighted by molar-refractivity contribution is 0.0745. The number of piperazine rings is 1. The highest BCUT2D eigenvalue weighted by Crippen LogP contribution is 2.29. The predicted octanol–water partition coefficient (Wildman–Crippen LogP) is 3.00. The molecule has 3 rings (SSSR count). The van der Waals surface area contributed by atoms with E-state index in [4.69, 9.17) is 9.47 Å². The van der Waals surface area contributed by atoms with Crippen LogP contribution in [0.3, 0.4) is 0 Å². The number of benzene rings is 1. The highest BCUT2D eigenvalue weighted by Gasteiger charge is 2.24. The first-order valence-electron chi connectivity index (χ1n) is 9.03. The van der Waals surface area contributed by atoms with E-state index in [2.05, 4.69) is 30.8 Å². The van der Waals surface area contributed by atoms with E-state index >= 15 is 0 Å². The second kappa shape index (κ2) is 9.03. The van der Waals surface area contributed by atoms with E-state index in [9.17, 15) is 4.79 Å². The number of carbonyl (C=O) groups is 1. The summed E-state index contributed by atoms with van der Waals surface area (Å²) in [7, 11) is 0. The second-order valence-electron chi connectivity index (χ2n) is 6.01. The third-order valence-electron chi connectivity index (χ3n) is 4.25. The SMILES string of the molecule is CCOc1ccc(C(=O)N2CCN(c3ncc(Br)cn3)CC2)cc1OCC. The molecule has 0 aliphatic carbocycles. The van der Waals surface area contributed by atoms with Crippen LogP contribution in [0.4, 0.5) is 5.95 Å². The third-order valence-corrected chi connectivity index (χ3v) is 4.66. The maximum Gasteiger partial charge on any atom is 0.254 e. The summed E-state index contributed by atoms with van der Waals surface area (Å²) in [6.45, 7) is 7.53. The molecule has 0 bridgehead atoms. The summed E-state index contributed by atoms with van der Waals surface area (Å²) in [6, 6.07) is 5.36. The minimum atomic E-state index is -0.00428. The average molecular weight is 435 g/mol. The Balaban J connectivity index is 1.66. The molecule has 0 unspecified atom stereocenters. The summed E-state index contributed by atoms with van der Waals surface area (Å²) in [4.78, 5) is 25.5. The van der Waals surface area contributed by atoms with E-state index in [1.807, 2.05) is 18.7 Å². The molecule has 1 fully saturated rings. The van der Waals surface area contributed by atoms with Gasteiger partial charge in [-0.3, -0.25) is 4.79 Å². The normalized spacial score (nSPS) is 14.2. The lowest BCUT2D eigenvalue weighted by Gasteiger charge is -2.34. The van der Waals surface area contributed by atoms with Crippen molar-refractivity contribution >= 4 is 27.8 Å². The summed E-state index contributed by atoms with van der Waals surface area (Å²) < 4.78 is 12.0. The van der Waals surface area contributed by atoms with Crippen LogP contribution in [-0.2, 0) is 0 Å². The summed E-state index contributed by atoms with van der Waals surface area (Å²) in [5.41, 5.74) is 0.607. The molecule has 0 N–H and O–H groups in total. The summed E-state index contributed by atoms with van der Waals surface area (Å²) in [5.74, 6) is 1.94. The molecule has 1 aromatic heterocycles. The molecule has 0 spiro atoms. The van der Waals surface area contributed by atoms with Crippen LogP contribution < -0.4 is 14.4 Å². The topological polar surface area (TPSA) is 67.8 Å². The smallest absolute Gasteiger partial charge is 0.254 e. The number of amides is 1. The van der Waals surface area contributed by atoms with Gasteiger partial charge in [0.2, 0.25) is 5.95 Å². The first kappa shape index (κ1) is 19.4. The lowest BCUT2D eigenvalue weighted by atomic mass is 10.1. The van der Waals surface area contributed by atoms with Crippen LogP contribution in [0.5, 0.6) is 11.5 Å². The molecule has 0 atom stereocenters. The van der Waals surface area contributed by atoms with E-state index < -0.39 is 0 Å². The van der Waals surface area contributed by atoms with Gasteiger partial charge < -0.3 is 19.3 Å². The van der Waals surface area contributed by atoms with Crippen LogP contribution in [0.25, 0.3) is 0 Å². The minimum Gasteiger partial charge on any atom is -0.490 e. The fourth-order valence-electron chi connectivity index (χ4n) is 2.95. The van der Waals surface area contributed by atoms with Gasteiger partial charge in [0, 0.05) is 44.1 Å². The Bertz CT molecular complexity index is 777. The van der Waals surface area contributed by atoms with Crippen LogP contribution >= 0.6 is 15.9 Å². The minimum absolute atomic E-state index is 0.00428. The van der Waals surface area contributed by atoms with Crippen LogP contribution in [0.1, 0.15) is 24.2 Å². The Morgan fingerprint density at radius 3 is 2.30 bits per heavy atom. The Hall–Kier alpha value is -2.35. The van der Waals surface area contributed by atoms with Gasteiger partial charge in [0.25, 0.3) is 5.91 Å². The third kappa shape index (κ3) is 4.68. The van der Waals surface area contributed by atoms with Gasteiger partial charge in [-0.15, -0.1) is 0 Å². The predicted molar refractivity (Wildman–Crippen MR) is 107 cm³/mol. The van der Waals surface area contributed by atoms with Gasteiger partial charge in [-0.2, -0.15) is 0 Å². The fraction of sp³-hybridized carbons (Fsp3) is 0.421. The van der Waals surface area contributed by atoms with Crippen molar-refractivity contribution in [1.82, 2.24) is 14.9 Å². The molecule has 0 radical (unpaired) electrons. The lowest BCUT2D eigenvalue weighted by Crippen LogP contribution is -2.49. The zero-order chi connectivity index (χ0) is 19.2. The van der Waals surface area contributed by atoms with Crippen LogP contribution in [0.2, 0.25) is 0 Å². The number of rotatable bonds is 6. The maximum absolute atomic E-state index is 12.9. The quantitative estimate of drug-likeness (QED) is 0.695. The molecule has 1 saturated heterocycles. The highest BCUT2D eigenvalue weighted by atomic mass is 79.9. The molecule has 1 amide bonds. The first-order chi connectivity index (χ1) is 13.1. The Labute approximate surface area is 167 Å². The van der Waals surface area contributed by atoms with Gasteiger partial charge in [0.15, 0.2) is 11.5 Å². The Morgan fingerprint density at radius 1 is 1.04 bits per heavy atom.